The quantitative estimate of drug-likeness (QED) is 0.853. The summed E-state index contributed by atoms with van der Waals surface area (Å²) >= 11 is 0. The van der Waals surface area contributed by atoms with E-state index in [0.717, 1.165) is 11.3 Å². The maximum Gasteiger partial charge on any atom is 0.240 e. The van der Waals surface area contributed by atoms with E-state index in [9.17, 15) is 4.79 Å². The van der Waals surface area contributed by atoms with Gasteiger partial charge in [0.2, 0.25) is 5.91 Å². The van der Waals surface area contributed by atoms with Crippen molar-refractivity contribution < 1.29 is 4.79 Å². The minimum Gasteiger partial charge on any atom is -0.351 e. The van der Waals surface area contributed by atoms with Crippen molar-refractivity contribution in [1.29, 1.82) is 5.26 Å². The van der Waals surface area contributed by atoms with Crippen molar-refractivity contribution in [2.24, 2.45) is 12.5 Å². The van der Waals surface area contributed by atoms with E-state index in [1.54, 1.807) is 17.8 Å². The third kappa shape index (κ3) is 2.64. The van der Waals surface area contributed by atoms with Crippen LogP contribution in [0.25, 0.3) is 0 Å². The van der Waals surface area contributed by atoms with Gasteiger partial charge in [-0.1, -0.05) is 6.92 Å². The highest BCUT2D eigenvalue weighted by Crippen LogP contribution is 2.19. The molecule has 1 aromatic heterocycles. The first-order chi connectivity index (χ1) is 7.94. The Kier molecular flexibility index (Phi) is 3.89. The molecule has 1 aromatic rings. The smallest absolute Gasteiger partial charge is 0.240 e. The molecular weight excluding hydrogens is 216 g/mol. The molecule has 0 saturated carbocycles. The Bertz CT molecular complexity index is 458. The zero-order valence-electron chi connectivity index (χ0n) is 10.7. The van der Waals surface area contributed by atoms with Gasteiger partial charge in [0.1, 0.15) is 5.41 Å². The monoisotopic (exact) mass is 234 g/mol. The fraction of sp³-hybridized carbons (Fsp3) is 0.583. The Balaban J connectivity index is 2.67. The van der Waals surface area contributed by atoms with E-state index in [2.05, 4.69) is 16.5 Å². The summed E-state index contributed by atoms with van der Waals surface area (Å²) in [5, 5.41) is 15.9. The fourth-order valence-electron chi connectivity index (χ4n) is 1.38. The summed E-state index contributed by atoms with van der Waals surface area (Å²) in [6.45, 7) is 5.84. The number of nitriles is 1. The average Bonchev–Trinajstić information content (AvgIpc) is 2.66. The van der Waals surface area contributed by atoms with Crippen LogP contribution in [0.3, 0.4) is 0 Å². The molecule has 0 bridgehead atoms. The number of aromatic nitrogens is 2. The molecule has 1 heterocycles. The first kappa shape index (κ1) is 13.2. The Morgan fingerprint density at radius 2 is 2.35 bits per heavy atom. The van der Waals surface area contributed by atoms with Crippen LogP contribution in [0.15, 0.2) is 6.20 Å². The van der Waals surface area contributed by atoms with Gasteiger partial charge in [-0.05, 0) is 20.3 Å². The molecule has 0 aromatic carbocycles. The van der Waals surface area contributed by atoms with Crippen molar-refractivity contribution in [1.82, 2.24) is 15.1 Å². The summed E-state index contributed by atoms with van der Waals surface area (Å²) in [6, 6.07) is 2.05. The van der Waals surface area contributed by atoms with Crippen LogP contribution in [0.1, 0.15) is 31.5 Å². The number of hydrogen-bond acceptors (Lipinski definition) is 3. The lowest BCUT2D eigenvalue weighted by atomic mass is 9.88. The number of carbonyl (C=O) groups is 1. The maximum atomic E-state index is 11.9. The first-order valence-electron chi connectivity index (χ1n) is 5.61. The second-order valence-electron chi connectivity index (χ2n) is 4.36. The van der Waals surface area contributed by atoms with Crippen LogP contribution < -0.4 is 5.32 Å². The van der Waals surface area contributed by atoms with Gasteiger partial charge in [0.05, 0.1) is 12.3 Å². The van der Waals surface area contributed by atoms with Crippen molar-refractivity contribution in [3.8, 4) is 6.07 Å². The number of hydrogen-bond donors (Lipinski definition) is 1. The van der Waals surface area contributed by atoms with E-state index >= 15 is 0 Å². The lowest BCUT2D eigenvalue weighted by Crippen LogP contribution is -2.37. The molecule has 0 aliphatic carbocycles. The lowest BCUT2D eigenvalue weighted by molar-refractivity contribution is -0.127. The zero-order chi connectivity index (χ0) is 13.1. The molecule has 0 fully saturated rings. The molecule has 1 rings (SSSR count). The summed E-state index contributed by atoms with van der Waals surface area (Å²) in [4.78, 5) is 11.9. The van der Waals surface area contributed by atoms with Gasteiger partial charge in [0.25, 0.3) is 0 Å². The molecule has 0 saturated heterocycles. The highest BCUT2D eigenvalue weighted by atomic mass is 16.2. The Labute approximate surface area is 101 Å². The van der Waals surface area contributed by atoms with Crippen molar-refractivity contribution in [3.05, 3.63) is 17.5 Å². The minimum atomic E-state index is -0.948. The summed E-state index contributed by atoms with van der Waals surface area (Å²) in [5.74, 6) is -0.231. The van der Waals surface area contributed by atoms with Gasteiger partial charge in [0, 0.05) is 24.8 Å². The van der Waals surface area contributed by atoms with Crippen molar-refractivity contribution in [2.75, 3.05) is 0 Å². The molecule has 5 heteroatoms. The fourth-order valence-corrected chi connectivity index (χ4v) is 1.38. The van der Waals surface area contributed by atoms with E-state index in [4.69, 9.17) is 5.26 Å². The summed E-state index contributed by atoms with van der Waals surface area (Å²) in [5.41, 5.74) is 1.04. The second kappa shape index (κ2) is 5.00. The predicted molar refractivity (Wildman–Crippen MR) is 63.8 cm³/mol. The highest BCUT2D eigenvalue weighted by Gasteiger charge is 2.30. The predicted octanol–water partition coefficient (Wildman–Crippen LogP) is 1.28. The van der Waals surface area contributed by atoms with E-state index in [0.29, 0.717) is 13.0 Å². The molecule has 0 spiro atoms. The summed E-state index contributed by atoms with van der Waals surface area (Å²) in [6.07, 6.45) is 2.23. The molecule has 1 amide bonds. The largest absolute Gasteiger partial charge is 0.351 e. The van der Waals surface area contributed by atoms with Gasteiger partial charge in [-0.2, -0.15) is 10.4 Å². The first-order valence-corrected chi connectivity index (χ1v) is 5.61. The van der Waals surface area contributed by atoms with Crippen LogP contribution in [-0.4, -0.2) is 15.7 Å². The Morgan fingerprint density at radius 1 is 1.71 bits per heavy atom. The lowest BCUT2D eigenvalue weighted by Gasteiger charge is -2.18. The number of nitrogens with zero attached hydrogens (tertiary/aromatic N) is 3. The SMILES string of the molecule is CCC(C)(C#N)C(=O)NCc1cnn(C)c1C. The molecule has 92 valence electrons. The number of carbonyl (C=O) groups excluding carboxylic acids is 1. The molecule has 5 nitrogen and oxygen atoms in total. The topological polar surface area (TPSA) is 70.7 Å². The van der Waals surface area contributed by atoms with E-state index in [-0.39, 0.29) is 5.91 Å². The van der Waals surface area contributed by atoms with Crippen molar-refractivity contribution in [3.63, 3.8) is 0 Å². The summed E-state index contributed by atoms with van der Waals surface area (Å²) in [7, 11) is 1.85. The molecular formula is C12H18N4O. The van der Waals surface area contributed by atoms with Gasteiger partial charge in [-0.15, -0.1) is 0 Å². The number of aryl methyl sites for hydroxylation is 1. The van der Waals surface area contributed by atoms with Gasteiger partial charge >= 0.3 is 0 Å². The van der Waals surface area contributed by atoms with E-state index in [1.807, 2.05) is 20.9 Å². The van der Waals surface area contributed by atoms with Gasteiger partial charge < -0.3 is 5.32 Å². The number of nitrogens with one attached hydrogen (secondary N) is 1. The van der Waals surface area contributed by atoms with Gasteiger partial charge in [-0.3, -0.25) is 9.48 Å². The average molecular weight is 234 g/mol. The van der Waals surface area contributed by atoms with Crippen molar-refractivity contribution in [2.45, 2.75) is 33.7 Å². The molecule has 1 unspecified atom stereocenters. The standard InChI is InChI=1S/C12H18N4O/c1-5-12(3,8-13)11(17)14-6-10-7-15-16(4)9(10)2/h7H,5-6H2,1-4H3,(H,14,17). The van der Waals surface area contributed by atoms with Crippen LogP contribution in [-0.2, 0) is 18.4 Å². The van der Waals surface area contributed by atoms with Crippen LogP contribution in [0, 0.1) is 23.7 Å². The van der Waals surface area contributed by atoms with Crippen molar-refractivity contribution >= 4 is 5.91 Å². The molecule has 1 atom stereocenters. The van der Waals surface area contributed by atoms with Crippen LogP contribution in [0.4, 0.5) is 0 Å². The van der Waals surface area contributed by atoms with Crippen LogP contribution >= 0.6 is 0 Å². The van der Waals surface area contributed by atoms with E-state index < -0.39 is 5.41 Å². The molecule has 0 aliphatic rings. The van der Waals surface area contributed by atoms with Crippen LogP contribution in [0.2, 0.25) is 0 Å². The number of amides is 1. The minimum absolute atomic E-state index is 0.231. The van der Waals surface area contributed by atoms with Gasteiger partial charge in [0.15, 0.2) is 0 Å². The second-order valence-corrected chi connectivity index (χ2v) is 4.36. The summed E-state index contributed by atoms with van der Waals surface area (Å²) < 4.78 is 1.75. The zero-order valence-corrected chi connectivity index (χ0v) is 10.7. The Hall–Kier alpha value is -1.83. The normalized spacial score (nSPS) is 13.8. The highest BCUT2D eigenvalue weighted by molar-refractivity contribution is 5.84. The third-order valence-electron chi connectivity index (χ3n) is 3.23. The third-order valence-corrected chi connectivity index (χ3v) is 3.23. The maximum absolute atomic E-state index is 11.9. The Morgan fingerprint density at radius 3 is 2.76 bits per heavy atom. The van der Waals surface area contributed by atoms with Gasteiger partial charge in [-0.25, -0.2) is 0 Å². The molecule has 0 radical (unpaired) electrons. The number of rotatable bonds is 4. The molecule has 0 aliphatic heterocycles. The molecule has 1 N–H and O–H groups in total. The molecule has 17 heavy (non-hydrogen) atoms. The van der Waals surface area contributed by atoms with E-state index in [1.165, 1.54) is 0 Å². The van der Waals surface area contributed by atoms with Crippen LogP contribution in [0.5, 0.6) is 0 Å².